The topological polar surface area (TPSA) is 80.5 Å². The zero-order valence-electron chi connectivity index (χ0n) is 13.9. The first-order valence-electron chi connectivity index (χ1n) is 7.82. The molecule has 3 N–H and O–H groups in total. The van der Waals surface area contributed by atoms with Gasteiger partial charge in [-0.15, -0.1) is 0 Å². The number of carbonyl (C=O) groups excluding carboxylic acids is 1. The third kappa shape index (κ3) is 5.06. The molecule has 0 bridgehead atoms. The predicted octanol–water partition coefficient (Wildman–Crippen LogP) is 2.37. The number of rotatable bonds is 4. The molecule has 1 fully saturated rings. The molecule has 2 heterocycles. The van der Waals surface area contributed by atoms with Crippen molar-refractivity contribution >= 4 is 17.7 Å². The van der Waals surface area contributed by atoms with Crippen LogP contribution >= 0.6 is 11.6 Å². The molecule has 1 aromatic rings. The summed E-state index contributed by atoms with van der Waals surface area (Å²) in [5.74, 6) is 5.99. The monoisotopic (exact) mass is 340 g/mol. The van der Waals surface area contributed by atoms with Gasteiger partial charge in [0.25, 0.3) is 0 Å². The maximum absolute atomic E-state index is 12.2. The molecule has 1 aliphatic heterocycles. The second-order valence-corrected chi connectivity index (χ2v) is 7.33. The average molecular weight is 341 g/mol. The molecular weight excluding hydrogens is 316 g/mol. The number of halogens is 1. The molecule has 7 heteroatoms. The molecule has 2 rings (SSSR count). The molecule has 1 aromatic heterocycles. The molecule has 1 aliphatic rings. The first-order valence-corrected chi connectivity index (χ1v) is 8.20. The van der Waals surface area contributed by atoms with Gasteiger partial charge in [0.05, 0.1) is 5.02 Å². The summed E-state index contributed by atoms with van der Waals surface area (Å²) in [6.07, 6.45) is 4.67. The molecule has 23 heavy (non-hydrogen) atoms. The summed E-state index contributed by atoms with van der Waals surface area (Å²) in [6.45, 7) is 6.92. The van der Waals surface area contributed by atoms with Gasteiger partial charge in [0, 0.05) is 31.5 Å². The number of likely N-dealkylation sites (tertiary alicyclic amines) is 1. The molecule has 1 saturated heterocycles. The van der Waals surface area contributed by atoms with E-state index in [1.807, 2.05) is 26.8 Å². The first kappa shape index (κ1) is 18.0. The van der Waals surface area contributed by atoms with E-state index >= 15 is 0 Å². The molecular formula is C16H25ClN4O2. The average Bonchev–Trinajstić information content (AvgIpc) is 2.94. The number of carbonyl (C=O) groups is 1. The van der Waals surface area contributed by atoms with Crippen molar-refractivity contribution in [2.24, 2.45) is 11.8 Å². The number of hydrogen-bond donors (Lipinski definition) is 2. The van der Waals surface area contributed by atoms with Crippen molar-refractivity contribution in [2.75, 3.05) is 13.1 Å². The molecule has 0 aliphatic carbocycles. The van der Waals surface area contributed by atoms with E-state index < -0.39 is 5.60 Å². The van der Waals surface area contributed by atoms with Crippen LogP contribution in [0.3, 0.4) is 0 Å². The lowest BCUT2D eigenvalue weighted by molar-refractivity contribution is 0.0285. The summed E-state index contributed by atoms with van der Waals surface area (Å²) in [6, 6.07) is 1.94. The Morgan fingerprint density at radius 3 is 2.96 bits per heavy atom. The van der Waals surface area contributed by atoms with Gasteiger partial charge in [0.15, 0.2) is 0 Å². The van der Waals surface area contributed by atoms with Crippen molar-refractivity contribution in [3.05, 3.63) is 29.0 Å². The van der Waals surface area contributed by atoms with Crippen molar-refractivity contribution in [2.45, 2.75) is 45.3 Å². The molecule has 0 aromatic carbocycles. The fraction of sp³-hybridized carbons (Fsp3) is 0.625. The normalized spacial score (nSPS) is 19.7. The Kier molecular flexibility index (Phi) is 5.84. The molecule has 128 valence electrons. The van der Waals surface area contributed by atoms with E-state index in [1.165, 1.54) is 0 Å². The van der Waals surface area contributed by atoms with Gasteiger partial charge in [0.1, 0.15) is 5.60 Å². The van der Waals surface area contributed by atoms with Gasteiger partial charge < -0.3 is 9.64 Å². The Labute approximate surface area is 142 Å². The number of ether oxygens (including phenoxy) is 1. The van der Waals surface area contributed by atoms with Crippen molar-refractivity contribution in [1.29, 1.82) is 0 Å². The molecule has 1 amide bonds. The quantitative estimate of drug-likeness (QED) is 0.649. The van der Waals surface area contributed by atoms with E-state index in [0.717, 1.165) is 12.0 Å². The zero-order chi connectivity index (χ0) is 17.0. The largest absolute Gasteiger partial charge is 0.444 e. The minimum absolute atomic E-state index is 0.0438. The van der Waals surface area contributed by atoms with Gasteiger partial charge in [-0.25, -0.2) is 4.79 Å². The SMILES string of the molecule is CC(C)(C)OC(=O)N1CCC(C(Cc2ccncc2Cl)NN)C1. The van der Waals surface area contributed by atoms with Crippen LogP contribution in [-0.4, -0.2) is 40.7 Å². The minimum Gasteiger partial charge on any atom is -0.444 e. The number of nitrogens with one attached hydrogen (secondary N) is 1. The minimum atomic E-state index is -0.481. The summed E-state index contributed by atoms with van der Waals surface area (Å²) in [7, 11) is 0. The lowest BCUT2D eigenvalue weighted by atomic mass is 9.93. The lowest BCUT2D eigenvalue weighted by Crippen LogP contribution is -2.44. The zero-order valence-corrected chi connectivity index (χ0v) is 14.6. The smallest absolute Gasteiger partial charge is 0.410 e. The summed E-state index contributed by atoms with van der Waals surface area (Å²) < 4.78 is 5.43. The number of pyridine rings is 1. The fourth-order valence-electron chi connectivity index (χ4n) is 2.78. The maximum atomic E-state index is 12.2. The van der Waals surface area contributed by atoms with E-state index in [4.69, 9.17) is 22.2 Å². The second kappa shape index (κ2) is 7.47. The van der Waals surface area contributed by atoms with Crippen LogP contribution in [0.2, 0.25) is 5.02 Å². The highest BCUT2D eigenvalue weighted by molar-refractivity contribution is 6.31. The van der Waals surface area contributed by atoms with Crippen molar-refractivity contribution in [3.63, 3.8) is 0 Å². The third-order valence-corrected chi connectivity index (χ3v) is 4.30. The van der Waals surface area contributed by atoms with Crippen LogP contribution in [0.4, 0.5) is 4.79 Å². The molecule has 6 nitrogen and oxygen atoms in total. The number of aromatic nitrogens is 1. The van der Waals surface area contributed by atoms with Gasteiger partial charge in [-0.3, -0.25) is 16.3 Å². The highest BCUT2D eigenvalue weighted by atomic mass is 35.5. The van der Waals surface area contributed by atoms with Crippen LogP contribution in [0.1, 0.15) is 32.8 Å². The van der Waals surface area contributed by atoms with Gasteiger partial charge in [-0.1, -0.05) is 11.6 Å². The highest BCUT2D eigenvalue weighted by Gasteiger charge is 2.33. The van der Waals surface area contributed by atoms with Crippen LogP contribution in [0.25, 0.3) is 0 Å². The Balaban J connectivity index is 1.96. The summed E-state index contributed by atoms with van der Waals surface area (Å²) in [4.78, 5) is 17.9. The standard InChI is InChI=1S/C16H25ClN4O2/c1-16(2,3)23-15(22)21-7-5-12(10-21)14(20-18)8-11-4-6-19-9-13(11)17/h4,6,9,12,14,20H,5,7-8,10,18H2,1-3H3. The predicted molar refractivity (Wildman–Crippen MR) is 90.0 cm³/mol. The van der Waals surface area contributed by atoms with Gasteiger partial charge >= 0.3 is 6.09 Å². The van der Waals surface area contributed by atoms with Crippen LogP contribution in [-0.2, 0) is 11.2 Å². The van der Waals surface area contributed by atoms with Crippen molar-refractivity contribution in [3.8, 4) is 0 Å². The number of amides is 1. The molecule has 0 radical (unpaired) electrons. The Morgan fingerprint density at radius 2 is 2.35 bits per heavy atom. The summed E-state index contributed by atoms with van der Waals surface area (Å²) in [5, 5.41) is 0.634. The van der Waals surface area contributed by atoms with E-state index in [0.29, 0.717) is 24.5 Å². The van der Waals surface area contributed by atoms with Crippen LogP contribution in [0, 0.1) is 5.92 Å². The van der Waals surface area contributed by atoms with Crippen molar-refractivity contribution < 1.29 is 9.53 Å². The molecule has 0 spiro atoms. The Morgan fingerprint density at radius 1 is 1.61 bits per heavy atom. The lowest BCUT2D eigenvalue weighted by Gasteiger charge is -2.26. The molecule has 2 unspecified atom stereocenters. The van der Waals surface area contributed by atoms with E-state index in [-0.39, 0.29) is 18.1 Å². The highest BCUT2D eigenvalue weighted by Crippen LogP contribution is 2.25. The van der Waals surface area contributed by atoms with E-state index in [2.05, 4.69) is 10.4 Å². The van der Waals surface area contributed by atoms with E-state index in [1.54, 1.807) is 17.3 Å². The third-order valence-electron chi connectivity index (χ3n) is 3.96. The summed E-state index contributed by atoms with van der Waals surface area (Å²) >= 11 is 6.17. The number of hydrogen-bond acceptors (Lipinski definition) is 5. The number of nitrogens with zero attached hydrogens (tertiary/aromatic N) is 2. The van der Waals surface area contributed by atoms with Gasteiger partial charge in [0.2, 0.25) is 0 Å². The second-order valence-electron chi connectivity index (χ2n) is 6.92. The maximum Gasteiger partial charge on any atom is 0.410 e. The van der Waals surface area contributed by atoms with Crippen LogP contribution < -0.4 is 11.3 Å². The van der Waals surface area contributed by atoms with Gasteiger partial charge in [-0.2, -0.15) is 0 Å². The van der Waals surface area contributed by atoms with Crippen LogP contribution in [0.5, 0.6) is 0 Å². The Bertz CT molecular complexity index is 547. The molecule has 0 saturated carbocycles. The summed E-state index contributed by atoms with van der Waals surface area (Å²) in [5.41, 5.74) is 3.39. The van der Waals surface area contributed by atoms with Crippen molar-refractivity contribution in [1.82, 2.24) is 15.3 Å². The number of nitrogens with two attached hydrogens (primary N) is 1. The van der Waals surface area contributed by atoms with E-state index in [9.17, 15) is 4.79 Å². The molecule has 2 atom stereocenters. The Hall–Kier alpha value is -1.37. The van der Waals surface area contributed by atoms with Crippen LogP contribution in [0.15, 0.2) is 18.5 Å². The fourth-order valence-corrected chi connectivity index (χ4v) is 2.97. The number of hydrazine groups is 1. The van der Waals surface area contributed by atoms with Gasteiger partial charge in [-0.05, 0) is 51.2 Å². The first-order chi connectivity index (χ1) is 10.8.